The zero-order chi connectivity index (χ0) is 15.7. The summed E-state index contributed by atoms with van der Waals surface area (Å²) >= 11 is 0. The van der Waals surface area contributed by atoms with Gasteiger partial charge in [-0.25, -0.2) is 4.98 Å². The van der Waals surface area contributed by atoms with E-state index in [9.17, 15) is 14.4 Å². The van der Waals surface area contributed by atoms with Crippen LogP contribution in [0.15, 0.2) is 18.3 Å². The van der Waals surface area contributed by atoms with Crippen LogP contribution in [0.3, 0.4) is 0 Å². The summed E-state index contributed by atoms with van der Waals surface area (Å²) in [5, 5.41) is 2.55. The van der Waals surface area contributed by atoms with E-state index >= 15 is 0 Å². The summed E-state index contributed by atoms with van der Waals surface area (Å²) in [6, 6.07) is 2.55. The van der Waals surface area contributed by atoms with Gasteiger partial charge in [-0.15, -0.1) is 0 Å². The van der Waals surface area contributed by atoms with Gasteiger partial charge in [0.05, 0.1) is 20.2 Å². The predicted molar refractivity (Wildman–Crippen MR) is 75.2 cm³/mol. The number of rotatable bonds is 2. The first-order chi connectivity index (χ1) is 10.6. The fourth-order valence-corrected chi connectivity index (χ4v) is 2.71. The van der Waals surface area contributed by atoms with Gasteiger partial charge >= 0.3 is 0 Å². The molecule has 2 aliphatic heterocycles. The van der Waals surface area contributed by atoms with E-state index in [1.807, 2.05) is 0 Å². The van der Waals surface area contributed by atoms with Crippen LogP contribution < -0.4 is 10.1 Å². The van der Waals surface area contributed by atoms with Crippen LogP contribution in [-0.2, 0) is 9.59 Å². The summed E-state index contributed by atoms with van der Waals surface area (Å²) < 4.78 is 5.01. The van der Waals surface area contributed by atoms with Gasteiger partial charge in [0.2, 0.25) is 17.7 Å². The summed E-state index contributed by atoms with van der Waals surface area (Å²) in [4.78, 5) is 43.3. The normalized spacial score (nSPS) is 21.2. The molecule has 0 radical (unpaired) electrons. The van der Waals surface area contributed by atoms with E-state index in [0.29, 0.717) is 24.5 Å². The minimum absolute atomic E-state index is 0.0326. The smallest absolute Gasteiger partial charge is 0.254 e. The van der Waals surface area contributed by atoms with Crippen molar-refractivity contribution in [2.45, 2.75) is 6.04 Å². The number of carbonyl (C=O) groups is 3. The molecule has 0 aliphatic carbocycles. The Balaban J connectivity index is 1.77. The van der Waals surface area contributed by atoms with Crippen molar-refractivity contribution in [3.05, 3.63) is 23.9 Å². The Bertz CT molecular complexity index is 633. The van der Waals surface area contributed by atoms with Crippen molar-refractivity contribution >= 4 is 17.7 Å². The van der Waals surface area contributed by atoms with Crippen molar-refractivity contribution in [3.63, 3.8) is 0 Å². The number of methoxy groups -OCH3 is 1. The Morgan fingerprint density at radius 2 is 2.23 bits per heavy atom. The third kappa shape index (κ3) is 2.47. The molecule has 0 saturated carbocycles. The monoisotopic (exact) mass is 304 g/mol. The van der Waals surface area contributed by atoms with E-state index in [1.165, 1.54) is 18.2 Å². The Labute approximate surface area is 127 Å². The lowest BCUT2D eigenvalue weighted by Gasteiger charge is -2.42. The SMILES string of the molecule is COc1cc(C(=O)N2CCN3C(=O)CNC(=O)[C@@H]3C2)ccn1. The van der Waals surface area contributed by atoms with Crippen molar-refractivity contribution in [3.8, 4) is 5.88 Å². The van der Waals surface area contributed by atoms with Crippen LogP contribution in [0.25, 0.3) is 0 Å². The summed E-state index contributed by atoms with van der Waals surface area (Å²) in [7, 11) is 1.48. The van der Waals surface area contributed by atoms with Crippen LogP contribution in [0.1, 0.15) is 10.4 Å². The minimum atomic E-state index is -0.609. The van der Waals surface area contributed by atoms with Gasteiger partial charge in [-0.1, -0.05) is 0 Å². The Hall–Kier alpha value is -2.64. The van der Waals surface area contributed by atoms with Gasteiger partial charge in [0, 0.05) is 30.9 Å². The topological polar surface area (TPSA) is 91.8 Å². The number of piperazine rings is 2. The quantitative estimate of drug-likeness (QED) is 0.747. The molecule has 3 amide bonds. The standard InChI is InChI=1S/C14H16N4O4/c1-22-11-6-9(2-3-15-11)14(21)17-4-5-18-10(8-17)13(20)16-7-12(18)19/h2-3,6,10H,4-5,7-8H2,1H3,(H,16,20)/t10-/m0/s1. The van der Waals surface area contributed by atoms with Crippen LogP contribution in [0.4, 0.5) is 0 Å². The minimum Gasteiger partial charge on any atom is -0.481 e. The molecule has 1 aromatic heterocycles. The van der Waals surface area contributed by atoms with Gasteiger partial charge in [0.15, 0.2) is 0 Å². The Kier molecular flexibility index (Phi) is 3.66. The molecule has 0 unspecified atom stereocenters. The van der Waals surface area contributed by atoms with Crippen molar-refractivity contribution in [2.24, 2.45) is 0 Å². The molecule has 1 aromatic rings. The maximum atomic E-state index is 12.5. The lowest BCUT2D eigenvalue weighted by molar-refractivity contribution is -0.148. The molecule has 2 aliphatic rings. The van der Waals surface area contributed by atoms with Crippen molar-refractivity contribution in [1.29, 1.82) is 0 Å². The fourth-order valence-electron chi connectivity index (χ4n) is 2.71. The van der Waals surface area contributed by atoms with Gasteiger partial charge in [-0.05, 0) is 6.07 Å². The van der Waals surface area contributed by atoms with Crippen LogP contribution >= 0.6 is 0 Å². The van der Waals surface area contributed by atoms with Gasteiger partial charge in [-0.2, -0.15) is 0 Å². The molecular weight excluding hydrogens is 288 g/mol. The first kappa shape index (κ1) is 14.3. The third-order valence-electron chi connectivity index (χ3n) is 3.90. The van der Waals surface area contributed by atoms with E-state index in [-0.39, 0.29) is 30.8 Å². The molecule has 3 heterocycles. The van der Waals surface area contributed by atoms with Gasteiger partial charge < -0.3 is 19.9 Å². The zero-order valence-corrected chi connectivity index (χ0v) is 12.1. The number of carbonyl (C=O) groups excluding carboxylic acids is 3. The highest BCUT2D eigenvalue weighted by atomic mass is 16.5. The number of nitrogens with one attached hydrogen (secondary N) is 1. The number of ether oxygens (including phenoxy) is 1. The van der Waals surface area contributed by atoms with Crippen molar-refractivity contribution in [1.82, 2.24) is 20.1 Å². The molecule has 0 spiro atoms. The molecule has 2 fully saturated rings. The molecule has 8 heteroatoms. The summed E-state index contributed by atoms with van der Waals surface area (Å²) in [5.74, 6) is -0.173. The second-order valence-electron chi connectivity index (χ2n) is 5.16. The number of nitrogens with zero attached hydrogens (tertiary/aromatic N) is 3. The number of fused-ring (bicyclic) bond motifs is 1. The molecule has 3 rings (SSSR count). The summed E-state index contributed by atoms with van der Waals surface area (Å²) in [5.41, 5.74) is 0.447. The highest BCUT2D eigenvalue weighted by Crippen LogP contribution is 2.17. The van der Waals surface area contributed by atoms with Crippen LogP contribution in [0.5, 0.6) is 5.88 Å². The van der Waals surface area contributed by atoms with E-state index < -0.39 is 6.04 Å². The average molecular weight is 304 g/mol. The number of hydrogen-bond acceptors (Lipinski definition) is 5. The second-order valence-corrected chi connectivity index (χ2v) is 5.16. The molecule has 1 atom stereocenters. The number of hydrogen-bond donors (Lipinski definition) is 1. The number of aromatic nitrogens is 1. The molecule has 0 bridgehead atoms. The van der Waals surface area contributed by atoms with Gasteiger partial charge in [-0.3, -0.25) is 14.4 Å². The highest BCUT2D eigenvalue weighted by molar-refractivity contribution is 5.98. The number of pyridine rings is 1. The molecule has 0 aromatic carbocycles. The number of amides is 3. The van der Waals surface area contributed by atoms with Crippen molar-refractivity contribution < 1.29 is 19.1 Å². The average Bonchev–Trinajstić information content (AvgIpc) is 2.57. The van der Waals surface area contributed by atoms with E-state index in [1.54, 1.807) is 17.0 Å². The largest absolute Gasteiger partial charge is 0.481 e. The second kappa shape index (κ2) is 5.63. The zero-order valence-electron chi connectivity index (χ0n) is 12.1. The van der Waals surface area contributed by atoms with Crippen LogP contribution in [-0.4, -0.2) is 71.8 Å². The third-order valence-corrected chi connectivity index (χ3v) is 3.90. The van der Waals surface area contributed by atoms with Crippen LogP contribution in [0.2, 0.25) is 0 Å². The van der Waals surface area contributed by atoms with Crippen molar-refractivity contribution in [2.75, 3.05) is 33.3 Å². The first-order valence-electron chi connectivity index (χ1n) is 6.96. The molecule has 2 saturated heterocycles. The fraction of sp³-hybridized carbons (Fsp3) is 0.429. The first-order valence-corrected chi connectivity index (χ1v) is 6.96. The highest BCUT2D eigenvalue weighted by Gasteiger charge is 2.39. The Morgan fingerprint density at radius 3 is 3.00 bits per heavy atom. The maximum absolute atomic E-state index is 12.5. The lowest BCUT2D eigenvalue weighted by Crippen LogP contribution is -2.66. The maximum Gasteiger partial charge on any atom is 0.254 e. The molecule has 1 N–H and O–H groups in total. The molecule has 8 nitrogen and oxygen atoms in total. The molecule has 22 heavy (non-hydrogen) atoms. The van der Waals surface area contributed by atoms with Gasteiger partial charge in [0.25, 0.3) is 5.91 Å². The lowest BCUT2D eigenvalue weighted by atomic mass is 10.1. The van der Waals surface area contributed by atoms with Crippen LogP contribution in [0, 0.1) is 0 Å². The summed E-state index contributed by atoms with van der Waals surface area (Å²) in [6.07, 6.45) is 1.50. The van der Waals surface area contributed by atoms with E-state index in [0.717, 1.165) is 0 Å². The van der Waals surface area contributed by atoms with Gasteiger partial charge in [0.1, 0.15) is 6.04 Å². The predicted octanol–water partition coefficient (Wildman–Crippen LogP) is -1.13. The molecule has 116 valence electrons. The summed E-state index contributed by atoms with van der Waals surface area (Å²) in [6.45, 7) is 0.996. The molecular formula is C14H16N4O4. The van der Waals surface area contributed by atoms with E-state index in [4.69, 9.17) is 4.74 Å². The van der Waals surface area contributed by atoms with E-state index in [2.05, 4.69) is 10.3 Å². The Morgan fingerprint density at radius 1 is 1.41 bits per heavy atom.